The summed E-state index contributed by atoms with van der Waals surface area (Å²) < 4.78 is 5.35. The Hall–Kier alpha value is -1.29. The average molecular weight is 249 g/mol. The molecular formula is C14H23N3O. The zero-order valence-electron chi connectivity index (χ0n) is 11.6. The maximum absolute atomic E-state index is 5.35. The lowest BCUT2D eigenvalue weighted by molar-refractivity contribution is 0.229. The molecule has 1 saturated heterocycles. The molecule has 4 nitrogen and oxygen atoms in total. The Kier molecular flexibility index (Phi) is 4.42. The van der Waals surface area contributed by atoms with Gasteiger partial charge in [-0.2, -0.15) is 0 Å². The predicted molar refractivity (Wildman–Crippen MR) is 74.3 cm³/mol. The number of likely N-dealkylation sites (tertiary alicyclic amines) is 1. The van der Waals surface area contributed by atoms with Gasteiger partial charge >= 0.3 is 0 Å². The molecule has 0 bridgehead atoms. The van der Waals surface area contributed by atoms with Crippen LogP contribution >= 0.6 is 0 Å². The molecule has 4 heteroatoms. The molecule has 0 unspecified atom stereocenters. The van der Waals surface area contributed by atoms with Crippen molar-refractivity contribution in [3.05, 3.63) is 18.0 Å². The molecule has 1 aliphatic rings. The summed E-state index contributed by atoms with van der Waals surface area (Å²) in [6.07, 6.45) is 4.18. The van der Waals surface area contributed by atoms with Crippen molar-refractivity contribution in [2.24, 2.45) is 0 Å². The SMILES string of the molecule is CCN1CCC(Nc2cc(C)ncc2OC)CC1. The van der Waals surface area contributed by atoms with Crippen LogP contribution in [0.25, 0.3) is 0 Å². The van der Waals surface area contributed by atoms with Crippen LogP contribution in [0.3, 0.4) is 0 Å². The molecule has 0 aliphatic carbocycles. The van der Waals surface area contributed by atoms with E-state index < -0.39 is 0 Å². The van der Waals surface area contributed by atoms with E-state index in [-0.39, 0.29) is 0 Å². The molecule has 1 aromatic heterocycles. The molecule has 1 aromatic rings. The normalized spacial score (nSPS) is 17.7. The van der Waals surface area contributed by atoms with E-state index >= 15 is 0 Å². The monoisotopic (exact) mass is 249 g/mol. The lowest BCUT2D eigenvalue weighted by Crippen LogP contribution is -2.38. The highest BCUT2D eigenvalue weighted by Gasteiger charge is 2.18. The van der Waals surface area contributed by atoms with Crippen LogP contribution in [0.2, 0.25) is 0 Å². The molecule has 2 heterocycles. The smallest absolute Gasteiger partial charge is 0.160 e. The van der Waals surface area contributed by atoms with Crippen molar-refractivity contribution in [2.75, 3.05) is 32.1 Å². The van der Waals surface area contributed by atoms with Gasteiger partial charge in [-0.3, -0.25) is 4.98 Å². The molecule has 18 heavy (non-hydrogen) atoms. The molecule has 0 aromatic carbocycles. The number of nitrogens with one attached hydrogen (secondary N) is 1. The summed E-state index contributed by atoms with van der Waals surface area (Å²) in [6, 6.07) is 2.61. The van der Waals surface area contributed by atoms with E-state index in [0.29, 0.717) is 6.04 Å². The Bertz CT molecular complexity index is 387. The second kappa shape index (κ2) is 6.05. The fraction of sp³-hybridized carbons (Fsp3) is 0.643. The number of anilines is 1. The minimum atomic E-state index is 0.545. The number of ether oxygens (including phenoxy) is 1. The Morgan fingerprint density at radius 1 is 1.44 bits per heavy atom. The maximum atomic E-state index is 5.35. The average Bonchev–Trinajstić information content (AvgIpc) is 2.40. The number of methoxy groups -OCH3 is 1. The molecule has 0 spiro atoms. The number of hydrogen-bond acceptors (Lipinski definition) is 4. The Morgan fingerprint density at radius 2 is 2.17 bits per heavy atom. The summed E-state index contributed by atoms with van der Waals surface area (Å²) in [7, 11) is 1.69. The van der Waals surface area contributed by atoms with Gasteiger partial charge in [0.05, 0.1) is 19.0 Å². The van der Waals surface area contributed by atoms with Crippen molar-refractivity contribution in [3.8, 4) is 5.75 Å². The summed E-state index contributed by atoms with van der Waals surface area (Å²) >= 11 is 0. The van der Waals surface area contributed by atoms with Gasteiger partial charge in [0.2, 0.25) is 0 Å². The molecular weight excluding hydrogens is 226 g/mol. The Morgan fingerprint density at radius 3 is 2.78 bits per heavy atom. The van der Waals surface area contributed by atoms with Gasteiger partial charge in [0.1, 0.15) is 0 Å². The van der Waals surface area contributed by atoms with E-state index in [4.69, 9.17) is 4.74 Å². The molecule has 1 fully saturated rings. The molecule has 1 N–H and O–H groups in total. The third-order valence-electron chi connectivity index (χ3n) is 3.62. The van der Waals surface area contributed by atoms with Gasteiger partial charge in [-0.05, 0) is 32.4 Å². The Balaban J connectivity index is 1.99. The summed E-state index contributed by atoms with van der Waals surface area (Å²) in [5, 5.41) is 3.59. The number of nitrogens with zero attached hydrogens (tertiary/aromatic N) is 2. The standard InChI is InChI=1S/C14H23N3O/c1-4-17-7-5-12(6-8-17)16-13-9-11(2)15-10-14(13)18-3/h9-10,12H,4-8H2,1-3H3,(H,15,16). The van der Waals surface area contributed by atoms with Gasteiger partial charge in [-0.25, -0.2) is 0 Å². The molecule has 2 rings (SSSR count). The topological polar surface area (TPSA) is 37.4 Å². The van der Waals surface area contributed by atoms with E-state index in [1.807, 2.05) is 6.92 Å². The summed E-state index contributed by atoms with van der Waals surface area (Å²) in [6.45, 7) is 7.75. The molecule has 0 atom stereocenters. The van der Waals surface area contributed by atoms with Gasteiger partial charge in [-0.1, -0.05) is 6.92 Å². The number of rotatable bonds is 4. The van der Waals surface area contributed by atoms with E-state index in [9.17, 15) is 0 Å². The zero-order valence-corrected chi connectivity index (χ0v) is 11.6. The second-order valence-corrected chi connectivity index (χ2v) is 4.88. The van der Waals surface area contributed by atoms with Gasteiger partial charge in [0.25, 0.3) is 0 Å². The van der Waals surface area contributed by atoms with E-state index in [2.05, 4.69) is 28.2 Å². The quantitative estimate of drug-likeness (QED) is 0.888. The van der Waals surface area contributed by atoms with E-state index in [1.54, 1.807) is 13.3 Å². The van der Waals surface area contributed by atoms with Crippen molar-refractivity contribution in [2.45, 2.75) is 32.7 Å². The largest absolute Gasteiger partial charge is 0.493 e. The fourth-order valence-corrected chi connectivity index (χ4v) is 2.44. The number of aryl methyl sites for hydroxylation is 1. The van der Waals surface area contributed by atoms with Crippen LogP contribution in [0.4, 0.5) is 5.69 Å². The highest BCUT2D eigenvalue weighted by atomic mass is 16.5. The minimum absolute atomic E-state index is 0.545. The van der Waals surface area contributed by atoms with Gasteiger partial charge in [0.15, 0.2) is 5.75 Å². The molecule has 0 saturated carbocycles. The van der Waals surface area contributed by atoms with Crippen molar-refractivity contribution in [1.29, 1.82) is 0 Å². The number of piperidine rings is 1. The first-order valence-corrected chi connectivity index (χ1v) is 6.72. The number of aromatic nitrogens is 1. The fourth-order valence-electron chi connectivity index (χ4n) is 2.44. The summed E-state index contributed by atoms with van der Waals surface area (Å²) in [5.74, 6) is 0.832. The molecule has 1 aliphatic heterocycles. The van der Waals surface area contributed by atoms with E-state index in [0.717, 1.165) is 23.7 Å². The highest BCUT2D eigenvalue weighted by Crippen LogP contribution is 2.26. The van der Waals surface area contributed by atoms with Crippen LogP contribution in [0.1, 0.15) is 25.5 Å². The predicted octanol–water partition coefficient (Wildman–Crippen LogP) is 2.29. The van der Waals surface area contributed by atoms with Crippen molar-refractivity contribution in [1.82, 2.24) is 9.88 Å². The maximum Gasteiger partial charge on any atom is 0.160 e. The Labute approximate surface area is 109 Å². The zero-order chi connectivity index (χ0) is 13.0. The lowest BCUT2D eigenvalue weighted by atomic mass is 10.0. The third-order valence-corrected chi connectivity index (χ3v) is 3.62. The van der Waals surface area contributed by atoms with Crippen LogP contribution in [0, 0.1) is 6.92 Å². The van der Waals surface area contributed by atoms with Crippen LogP contribution in [-0.4, -0.2) is 42.7 Å². The van der Waals surface area contributed by atoms with Crippen LogP contribution < -0.4 is 10.1 Å². The lowest BCUT2D eigenvalue weighted by Gasteiger charge is -2.32. The first kappa shape index (κ1) is 13.1. The first-order chi connectivity index (χ1) is 8.72. The van der Waals surface area contributed by atoms with Crippen molar-refractivity contribution >= 4 is 5.69 Å². The first-order valence-electron chi connectivity index (χ1n) is 6.72. The van der Waals surface area contributed by atoms with Gasteiger partial charge in [-0.15, -0.1) is 0 Å². The summed E-state index contributed by atoms with van der Waals surface area (Å²) in [5.41, 5.74) is 2.09. The van der Waals surface area contributed by atoms with E-state index in [1.165, 1.54) is 25.9 Å². The third kappa shape index (κ3) is 3.13. The van der Waals surface area contributed by atoms with Gasteiger partial charge in [0, 0.05) is 24.8 Å². The molecule has 0 amide bonds. The second-order valence-electron chi connectivity index (χ2n) is 4.88. The van der Waals surface area contributed by atoms with Crippen LogP contribution in [0.15, 0.2) is 12.3 Å². The summed E-state index contributed by atoms with van der Waals surface area (Å²) in [4.78, 5) is 6.75. The van der Waals surface area contributed by atoms with Crippen molar-refractivity contribution < 1.29 is 4.74 Å². The highest BCUT2D eigenvalue weighted by molar-refractivity contribution is 5.56. The van der Waals surface area contributed by atoms with Crippen molar-refractivity contribution in [3.63, 3.8) is 0 Å². The molecule has 100 valence electrons. The minimum Gasteiger partial charge on any atom is -0.493 e. The number of pyridine rings is 1. The van der Waals surface area contributed by atoms with Crippen LogP contribution in [-0.2, 0) is 0 Å². The number of hydrogen-bond donors (Lipinski definition) is 1. The van der Waals surface area contributed by atoms with Gasteiger partial charge < -0.3 is 15.0 Å². The van der Waals surface area contributed by atoms with Crippen LogP contribution in [0.5, 0.6) is 5.75 Å². The molecule has 0 radical (unpaired) electrons.